The van der Waals surface area contributed by atoms with Crippen molar-refractivity contribution in [2.45, 2.75) is 52.5 Å². The van der Waals surface area contributed by atoms with E-state index in [9.17, 15) is 4.79 Å². The van der Waals surface area contributed by atoms with Crippen LogP contribution in [0.1, 0.15) is 58.1 Å². The number of benzene rings is 1. The number of rotatable bonds is 9. The standard InChI is InChI=1S/C20H32N2O2.ClH/c1-4-24-19-8-6-5-7-17(19)18(13-15(2)3)22-20(23)10-9-16-11-12-21-14-16;/h5-8,15-16,18,21H,4,9-14H2,1-3H3,(H,22,23);1H. The molecule has 2 rings (SSSR count). The van der Waals surface area contributed by atoms with E-state index in [4.69, 9.17) is 4.74 Å². The first kappa shape index (κ1) is 21.8. The van der Waals surface area contributed by atoms with Gasteiger partial charge in [-0.3, -0.25) is 4.79 Å². The van der Waals surface area contributed by atoms with Gasteiger partial charge in [-0.1, -0.05) is 32.0 Å². The minimum atomic E-state index is 0. The molecule has 25 heavy (non-hydrogen) atoms. The molecule has 1 aliphatic rings. The highest BCUT2D eigenvalue weighted by molar-refractivity contribution is 5.85. The molecule has 1 fully saturated rings. The molecule has 142 valence electrons. The third kappa shape index (κ3) is 7.25. The minimum Gasteiger partial charge on any atom is -0.494 e. The maximum absolute atomic E-state index is 12.5. The molecule has 1 heterocycles. The molecule has 0 spiro atoms. The predicted molar refractivity (Wildman–Crippen MR) is 105 cm³/mol. The van der Waals surface area contributed by atoms with Gasteiger partial charge in [-0.05, 0) is 57.2 Å². The van der Waals surface area contributed by atoms with Gasteiger partial charge in [-0.25, -0.2) is 0 Å². The zero-order chi connectivity index (χ0) is 17.4. The lowest BCUT2D eigenvalue weighted by Crippen LogP contribution is -2.30. The fourth-order valence-electron chi connectivity index (χ4n) is 3.35. The third-order valence-corrected chi connectivity index (χ3v) is 4.58. The van der Waals surface area contributed by atoms with Crippen molar-refractivity contribution in [1.29, 1.82) is 0 Å². The number of carbonyl (C=O) groups is 1. The van der Waals surface area contributed by atoms with E-state index in [0.717, 1.165) is 37.2 Å². The van der Waals surface area contributed by atoms with Crippen LogP contribution in [0.4, 0.5) is 0 Å². The molecule has 1 aromatic carbocycles. The fourth-order valence-corrected chi connectivity index (χ4v) is 3.35. The van der Waals surface area contributed by atoms with Crippen molar-refractivity contribution in [2.24, 2.45) is 11.8 Å². The van der Waals surface area contributed by atoms with Crippen LogP contribution in [0.3, 0.4) is 0 Å². The van der Waals surface area contributed by atoms with E-state index in [0.29, 0.717) is 24.9 Å². The Hall–Kier alpha value is -1.26. The Labute approximate surface area is 158 Å². The molecule has 1 amide bonds. The molecule has 0 aromatic heterocycles. The SMILES string of the molecule is CCOc1ccccc1C(CC(C)C)NC(=O)CCC1CCNC1.Cl. The normalized spacial score (nSPS) is 17.8. The number of halogens is 1. The monoisotopic (exact) mass is 368 g/mol. The average Bonchev–Trinajstić information content (AvgIpc) is 3.06. The molecule has 4 nitrogen and oxygen atoms in total. The van der Waals surface area contributed by atoms with Crippen LogP contribution < -0.4 is 15.4 Å². The summed E-state index contributed by atoms with van der Waals surface area (Å²) in [4.78, 5) is 12.5. The van der Waals surface area contributed by atoms with Gasteiger partial charge in [0.1, 0.15) is 5.75 Å². The van der Waals surface area contributed by atoms with E-state index >= 15 is 0 Å². The summed E-state index contributed by atoms with van der Waals surface area (Å²) in [6, 6.07) is 8.07. The van der Waals surface area contributed by atoms with Crippen LogP contribution in [0.5, 0.6) is 5.75 Å². The zero-order valence-electron chi connectivity index (χ0n) is 15.7. The van der Waals surface area contributed by atoms with E-state index in [-0.39, 0.29) is 24.4 Å². The molecular weight excluding hydrogens is 336 g/mol. The quantitative estimate of drug-likeness (QED) is 0.689. The number of carbonyl (C=O) groups excluding carboxylic acids is 1. The molecule has 0 radical (unpaired) electrons. The molecule has 0 saturated carbocycles. The summed E-state index contributed by atoms with van der Waals surface area (Å²) >= 11 is 0. The second-order valence-corrected chi connectivity index (χ2v) is 7.12. The van der Waals surface area contributed by atoms with E-state index < -0.39 is 0 Å². The summed E-state index contributed by atoms with van der Waals surface area (Å²) in [5, 5.41) is 6.61. The van der Waals surface area contributed by atoms with Gasteiger partial charge >= 0.3 is 0 Å². The van der Waals surface area contributed by atoms with Crippen molar-refractivity contribution >= 4 is 18.3 Å². The summed E-state index contributed by atoms with van der Waals surface area (Å²) in [6.07, 6.45) is 3.69. The highest BCUT2D eigenvalue weighted by atomic mass is 35.5. The lowest BCUT2D eigenvalue weighted by Gasteiger charge is -2.23. The van der Waals surface area contributed by atoms with Gasteiger partial charge < -0.3 is 15.4 Å². The van der Waals surface area contributed by atoms with Crippen LogP contribution in [-0.4, -0.2) is 25.6 Å². The summed E-state index contributed by atoms with van der Waals surface area (Å²) in [5.74, 6) is 2.18. The van der Waals surface area contributed by atoms with Gasteiger partial charge in [-0.2, -0.15) is 0 Å². The van der Waals surface area contributed by atoms with Crippen molar-refractivity contribution in [3.8, 4) is 5.75 Å². The summed E-state index contributed by atoms with van der Waals surface area (Å²) in [5.41, 5.74) is 1.09. The van der Waals surface area contributed by atoms with Crippen LogP contribution >= 0.6 is 12.4 Å². The van der Waals surface area contributed by atoms with E-state index in [2.05, 4.69) is 30.5 Å². The largest absolute Gasteiger partial charge is 0.494 e. The Kier molecular flexibility index (Phi) is 9.91. The van der Waals surface area contributed by atoms with Gasteiger partial charge in [0.2, 0.25) is 5.91 Å². The summed E-state index contributed by atoms with van der Waals surface area (Å²) in [6.45, 7) is 9.13. The highest BCUT2D eigenvalue weighted by Crippen LogP contribution is 2.30. The average molecular weight is 369 g/mol. The number of ether oxygens (including phenoxy) is 1. The topological polar surface area (TPSA) is 50.4 Å². The highest BCUT2D eigenvalue weighted by Gasteiger charge is 2.21. The first-order chi connectivity index (χ1) is 11.6. The maximum Gasteiger partial charge on any atom is 0.220 e. The van der Waals surface area contributed by atoms with E-state index in [1.54, 1.807) is 0 Å². The molecule has 0 bridgehead atoms. The molecule has 2 N–H and O–H groups in total. The van der Waals surface area contributed by atoms with Gasteiger partial charge in [0.15, 0.2) is 0 Å². The lowest BCUT2D eigenvalue weighted by molar-refractivity contribution is -0.122. The summed E-state index contributed by atoms with van der Waals surface area (Å²) < 4.78 is 5.76. The Morgan fingerprint density at radius 1 is 1.36 bits per heavy atom. The van der Waals surface area contributed by atoms with Gasteiger partial charge in [0.05, 0.1) is 12.6 Å². The second-order valence-electron chi connectivity index (χ2n) is 7.12. The summed E-state index contributed by atoms with van der Waals surface area (Å²) in [7, 11) is 0. The maximum atomic E-state index is 12.5. The molecule has 1 aliphatic heterocycles. The molecule has 5 heteroatoms. The Balaban J connectivity index is 0.00000312. The number of hydrogen-bond acceptors (Lipinski definition) is 3. The zero-order valence-corrected chi connectivity index (χ0v) is 16.5. The van der Waals surface area contributed by atoms with Crippen LogP contribution in [0.2, 0.25) is 0 Å². The van der Waals surface area contributed by atoms with Crippen molar-refractivity contribution in [2.75, 3.05) is 19.7 Å². The lowest BCUT2D eigenvalue weighted by atomic mass is 9.95. The second kappa shape index (κ2) is 11.4. The van der Waals surface area contributed by atoms with E-state index in [1.807, 2.05) is 25.1 Å². The van der Waals surface area contributed by atoms with Crippen molar-refractivity contribution < 1.29 is 9.53 Å². The number of nitrogens with one attached hydrogen (secondary N) is 2. The molecule has 1 saturated heterocycles. The van der Waals surface area contributed by atoms with E-state index in [1.165, 1.54) is 6.42 Å². The van der Waals surface area contributed by atoms with Crippen molar-refractivity contribution in [1.82, 2.24) is 10.6 Å². The number of amides is 1. The first-order valence-corrected chi connectivity index (χ1v) is 9.32. The Bertz CT molecular complexity index is 516. The first-order valence-electron chi connectivity index (χ1n) is 9.32. The Morgan fingerprint density at radius 3 is 2.76 bits per heavy atom. The molecule has 2 atom stereocenters. The molecule has 1 aromatic rings. The van der Waals surface area contributed by atoms with Crippen LogP contribution in [0.25, 0.3) is 0 Å². The van der Waals surface area contributed by atoms with Gasteiger partial charge in [0.25, 0.3) is 0 Å². The number of para-hydroxylation sites is 1. The smallest absolute Gasteiger partial charge is 0.220 e. The molecule has 2 unspecified atom stereocenters. The van der Waals surface area contributed by atoms with Crippen LogP contribution in [0, 0.1) is 11.8 Å². The van der Waals surface area contributed by atoms with Crippen molar-refractivity contribution in [3.05, 3.63) is 29.8 Å². The third-order valence-electron chi connectivity index (χ3n) is 4.58. The van der Waals surface area contributed by atoms with Gasteiger partial charge in [0, 0.05) is 12.0 Å². The molecular formula is C20H33ClN2O2. The van der Waals surface area contributed by atoms with Crippen LogP contribution in [0.15, 0.2) is 24.3 Å². The number of hydrogen-bond donors (Lipinski definition) is 2. The fraction of sp³-hybridized carbons (Fsp3) is 0.650. The minimum absolute atomic E-state index is 0. The van der Waals surface area contributed by atoms with Gasteiger partial charge in [-0.15, -0.1) is 12.4 Å². The van der Waals surface area contributed by atoms with Crippen LogP contribution in [-0.2, 0) is 4.79 Å². The van der Waals surface area contributed by atoms with Crippen molar-refractivity contribution in [3.63, 3.8) is 0 Å². The molecule has 0 aliphatic carbocycles. The predicted octanol–water partition coefficient (Wildman–Crippen LogP) is 4.10. The Morgan fingerprint density at radius 2 is 2.12 bits per heavy atom.